The molecular formula is C13H17N3O4. The molecule has 108 valence electrons. The quantitative estimate of drug-likeness (QED) is 0.764. The number of urea groups is 1. The van der Waals surface area contributed by atoms with Crippen LogP contribution < -0.4 is 15.8 Å². The van der Waals surface area contributed by atoms with E-state index in [0.29, 0.717) is 18.8 Å². The van der Waals surface area contributed by atoms with Gasteiger partial charge in [-0.15, -0.1) is 0 Å². The number of carboxylic acids is 1. The van der Waals surface area contributed by atoms with Gasteiger partial charge >= 0.3 is 12.0 Å². The van der Waals surface area contributed by atoms with Gasteiger partial charge in [-0.2, -0.15) is 0 Å². The first-order valence-corrected chi connectivity index (χ1v) is 6.24. The second-order valence-electron chi connectivity index (χ2n) is 4.64. The lowest BCUT2D eigenvalue weighted by Gasteiger charge is -2.18. The van der Waals surface area contributed by atoms with E-state index in [4.69, 9.17) is 15.6 Å². The molecule has 2 amide bonds. The molecule has 0 saturated carbocycles. The Hall–Kier alpha value is -2.28. The van der Waals surface area contributed by atoms with Crippen LogP contribution in [0.3, 0.4) is 0 Å². The van der Waals surface area contributed by atoms with E-state index in [9.17, 15) is 9.59 Å². The van der Waals surface area contributed by atoms with Gasteiger partial charge in [0.2, 0.25) is 0 Å². The third-order valence-electron chi connectivity index (χ3n) is 3.21. The number of nitrogens with zero attached hydrogens (tertiary/aromatic N) is 1. The minimum atomic E-state index is -1.13. The van der Waals surface area contributed by atoms with Crippen LogP contribution in [0.15, 0.2) is 18.2 Å². The van der Waals surface area contributed by atoms with Gasteiger partial charge in [-0.25, -0.2) is 9.59 Å². The van der Waals surface area contributed by atoms with Crippen LogP contribution in [0.1, 0.15) is 16.8 Å². The van der Waals surface area contributed by atoms with Gasteiger partial charge in [0, 0.05) is 19.1 Å². The highest BCUT2D eigenvalue weighted by atomic mass is 16.5. The highest BCUT2D eigenvalue weighted by molar-refractivity contribution is 6.00. The average Bonchev–Trinajstić information content (AvgIpc) is 2.85. The van der Waals surface area contributed by atoms with Crippen LogP contribution in [0.4, 0.5) is 10.5 Å². The normalized spacial score (nSPS) is 17.9. The predicted octanol–water partition coefficient (Wildman–Crippen LogP) is 0.958. The minimum absolute atomic E-state index is 0.0128. The highest BCUT2D eigenvalue weighted by Crippen LogP contribution is 2.23. The van der Waals surface area contributed by atoms with Gasteiger partial charge in [-0.05, 0) is 24.6 Å². The van der Waals surface area contributed by atoms with E-state index >= 15 is 0 Å². The SMILES string of the molecule is COc1ccc(NC(=O)N2CCC(N)C2)c(C(=O)O)c1. The number of carboxylic acid groups (broad SMARTS) is 1. The Morgan fingerprint density at radius 3 is 2.80 bits per heavy atom. The Morgan fingerprint density at radius 1 is 1.50 bits per heavy atom. The number of nitrogens with two attached hydrogens (primary N) is 1. The van der Waals surface area contributed by atoms with E-state index in [2.05, 4.69) is 5.32 Å². The van der Waals surface area contributed by atoms with Crippen LogP contribution in [0.25, 0.3) is 0 Å². The summed E-state index contributed by atoms with van der Waals surface area (Å²) in [6, 6.07) is 4.11. The molecule has 0 radical (unpaired) electrons. The summed E-state index contributed by atoms with van der Waals surface area (Å²) in [7, 11) is 1.45. The fourth-order valence-corrected chi connectivity index (χ4v) is 2.10. The molecule has 0 aliphatic carbocycles. The van der Waals surface area contributed by atoms with Crippen molar-refractivity contribution in [3.8, 4) is 5.75 Å². The van der Waals surface area contributed by atoms with E-state index in [1.54, 1.807) is 11.0 Å². The molecule has 20 heavy (non-hydrogen) atoms. The summed E-state index contributed by atoms with van der Waals surface area (Å²) in [6.07, 6.45) is 0.752. The van der Waals surface area contributed by atoms with Crippen molar-refractivity contribution in [3.05, 3.63) is 23.8 Å². The van der Waals surface area contributed by atoms with E-state index in [-0.39, 0.29) is 23.3 Å². The summed E-state index contributed by atoms with van der Waals surface area (Å²) < 4.78 is 4.98. The number of benzene rings is 1. The van der Waals surface area contributed by atoms with Gasteiger partial charge in [0.25, 0.3) is 0 Å². The maximum atomic E-state index is 12.0. The molecule has 4 N–H and O–H groups in total. The summed E-state index contributed by atoms with van der Waals surface area (Å²) in [5.41, 5.74) is 5.97. The summed E-state index contributed by atoms with van der Waals surface area (Å²) >= 11 is 0. The highest BCUT2D eigenvalue weighted by Gasteiger charge is 2.24. The Balaban J connectivity index is 2.16. The number of rotatable bonds is 3. The van der Waals surface area contributed by atoms with E-state index in [1.807, 2.05) is 0 Å². The number of ether oxygens (including phenoxy) is 1. The monoisotopic (exact) mass is 279 g/mol. The molecule has 1 aromatic carbocycles. The second-order valence-corrected chi connectivity index (χ2v) is 4.64. The van der Waals surface area contributed by atoms with E-state index < -0.39 is 5.97 Å². The number of hydrogen-bond acceptors (Lipinski definition) is 4. The molecule has 1 unspecified atom stereocenters. The maximum Gasteiger partial charge on any atom is 0.337 e. The molecule has 0 aromatic heterocycles. The van der Waals surface area contributed by atoms with Gasteiger partial charge in [0.15, 0.2) is 0 Å². The van der Waals surface area contributed by atoms with Gasteiger partial charge in [-0.3, -0.25) is 0 Å². The molecule has 1 saturated heterocycles. The lowest BCUT2D eigenvalue weighted by atomic mass is 10.1. The number of methoxy groups -OCH3 is 1. The van der Waals surface area contributed by atoms with Crippen molar-refractivity contribution in [2.75, 3.05) is 25.5 Å². The molecule has 1 fully saturated rings. The van der Waals surface area contributed by atoms with E-state index in [0.717, 1.165) is 6.42 Å². The summed E-state index contributed by atoms with van der Waals surface area (Å²) in [4.78, 5) is 24.8. The molecule has 1 aliphatic heterocycles. The number of carbonyl (C=O) groups excluding carboxylic acids is 1. The molecule has 1 heterocycles. The van der Waals surface area contributed by atoms with Crippen molar-refractivity contribution in [1.29, 1.82) is 0 Å². The van der Waals surface area contributed by atoms with Crippen LogP contribution in [0.2, 0.25) is 0 Å². The van der Waals surface area contributed by atoms with Gasteiger partial charge in [0.1, 0.15) is 5.75 Å². The lowest BCUT2D eigenvalue weighted by Crippen LogP contribution is -2.35. The molecule has 0 bridgehead atoms. The zero-order valence-electron chi connectivity index (χ0n) is 11.1. The first kappa shape index (κ1) is 14.1. The average molecular weight is 279 g/mol. The first-order chi connectivity index (χ1) is 9.51. The van der Waals surface area contributed by atoms with Crippen LogP contribution >= 0.6 is 0 Å². The number of anilines is 1. The number of aromatic carboxylic acids is 1. The second kappa shape index (κ2) is 5.79. The smallest absolute Gasteiger partial charge is 0.337 e. The zero-order valence-corrected chi connectivity index (χ0v) is 11.1. The lowest BCUT2D eigenvalue weighted by molar-refractivity contribution is 0.0697. The molecule has 1 aliphatic rings. The predicted molar refractivity (Wildman–Crippen MR) is 73.1 cm³/mol. The Bertz CT molecular complexity index is 532. The van der Waals surface area contributed by atoms with Crippen molar-refractivity contribution in [1.82, 2.24) is 4.90 Å². The minimum Gasteiger partial charge on any atom is -0.497 e. The van der Waals surface area contributed by atoms with Crippen molar-refractivity contribution in [3.63, 3.8) is 0 Å². The fraction of sp³-hybridized carbons (Fsp3) is 0.385. The van der Waals surface area contributed by atoms with Gasteiger partial charge in [-0.1, -0.05) is 0 Å². The Morgan fingerprint density at radius 2 is 2.25 bits per heavy atom. The van der Waals surface area contributed by atoms with Gasteiger partial charge in [0.05, 0.1) is 18.4 Å². The van der Waals surface area contributed by atoms with Crippen molar-refractivity contribution >= 4 is 17.7 Å². The topological polar surface area (TPSA) is 105 Å². The first-order valence-electron chi connectivity index (χ1n) is 6.24. The maximum absolute atomic E-state index is 12.0. The molecular weight excluding hydrogens is 262 g/mol. The van der Waals surface area contributed by atoms with Crippen LogP contribution in [0.5, 0.6) is 5.75 Å². The van der Waals surface area contributed by atoms with Crippen molar-refractivity contribution < 1.29 is 19.4 Å². The molecule has 1 atom stereocenters. The number of likely N-dealkylation sites (tertiary alicyclic amines) is 1. The largest absolute Gasteiger partial charge is 0.497 e. The van der Waals surface area contributed by atoms with Crippen molar-refractivity contribution in [2.24, 2.45) is 5.73 Å². The Kier molecular flexibility index (Phi) is 4.09. The standard InChI is InChI=1S/C13H17N3O4/c1-20-9-2-3-11(10(6-9)12(17)18)15-13(19)16-5-4-8(14)7-16/h2-3,6,8H,4-5,7,14H2,1H3,(H,15,19)(H,17,18). The number of carbonyl (C=O) groups is 2. The van der Waals surface area contributed by atoms with Crippen LogP contribution in [0, 0.1) is 0 Å². The molecule has 1 aromatic rings. The third kappa shape index (κ3) is 3.00. The van der Waals surface area contributed by atoms with Crippen LogP contribution in [-0.2, 0) is 0 Å². The summed E-state index contributed by atoms with van der Waals surface area (Å²) in [6.45, 7) is 1.05. The van der Waals surface area contributed by atoms with E-state index in [1.165, 1.54) is 19.2 Å². The fourth-order valence-electron chi connectivity index (χ4n) is 2.10. The third-order valence-corrected chi connectivity index (χ3v) is 3.21. The summed E-state index contributed by atoms with van der Waals surface area (Å²) in [5, 5.41) is 11.8. The Labute approximate surface area is 116 Å². The number of amides is 2. The van der Waals surface area contributed by atoms with Crippen LogP contribution in [-0.4, -0.2) is 48.2 Å². The molecule has 7 nitrogen and oxygen atoms in total. The van der Waals surface area contributed by atoms with Crippen molar-refractivity contribution in [2.45, 2.75) is 12.5 Å². The number of hydrogen-bond donors (Lipinski definition) is 3. The zero-order chi connectivity index (χ0) is 14.7. The van der Waals surface area contributed by atoms with Gasteiger partial charge < -0.3 is 25.8 Å². The molecule has 7 heteroatoms. The molecule has 0 spiro atoms. The summed E-state index contributed by atoms with van der Waals surface area (Å²) in [5.74, 6) is -0.707. The number of nitrogens with one attached hydrogen (secondary N) is 1. The molecule has 2 rings (SSSR count).